The van der Waals surface area contributed by atoms with Crippen molar-refractivity contribution in [3.05, 3.63) is 59.2 Å². The predicted octanol–water partition coefficient (Wildman–Crippen LogP) is 1.26. The largest absolute Gasteiger partial charge is 0.356 e. The van der Waals surface area contributed by atoms with Crippen molar-refractivity contribution in [2.75, 3.05) is 6.54 Å². The molecule has 0 spiro atoms. The van der Waals surface area contributed by atoms with Crippen LogP contribution >= 0.6 is 0 Å². The van der Waals surface area contributed by atoms with Crippen molar-refractivity contribution in [2.45, 2.75) is 25.8 Å². The maximum atomic E-state index is 12.0. The maximum absolute atomic E-state index is 12.0. The lowest BCUT2D eigenvalue weighted by atomic mass is 10.2. The molecule has 0 fully saturated rings. The molecule has 0 aliphatic carbocycles. The predicted molar refractivity (Wildman–Crippen MR) is 90.5 cm³/mol. The van der Waals surface area contributed by atoms with Gasteiger partial charge in [0, 0.05) is 38.3 Å². The highest BCUT2D eigenvalue weighted by atomic mass is 16.1. The zero-order valence-electron chi connectivity index (χ0n) is 13.2. The minimum atomic E-state index is -0.170. The minimum Gasteiger partial charge on any atom is -0.356 e. The molecule has 3 aromatic rings. The Balaban J connectivity index is 1.46. The molecule has 0 radical (unpaired) electrons. The average molecular weight is 325 g/mol. The Morgan fingerprint density at radius 2 is 2.17 bits per heavy atom. The third kappa shape index (κ3) is 4.07. The fourth-order valence-corrected chi connectivity index (χ4v) is 2.48. The Morgan fingerprint density at radius 3 is 3.00 bits per heavy atom. The van der Waals surface area contributed by atoms with Gasteiger partial charge in [-0.2, -0.15) is 0 Å². The van der Waals surface area contributed by atoms with Gasteiger partial charge in [-0.1, -0.05) is 12.1 Å². The van der Waals surface area contributed by atoms with Crippen LogP contribution in [-0.4, -0.2) is 32.0 Å². The Morgan fingerprint density at radius 1 is 1.29 bits per heavy atom. The number of aromatic amines is 1. The molecule has 0 saturated heterocycles. The highest BCUT2D eigenvalue weighted by Crippen LogP contribution is 2.06. The molecule has 2 heterocycles. The number of rotatable bonds is 7. The molecule has 124 valence electrons. The number of imidazole rings is 1. The molecule has 1 amide bonds. The smallest absolute Gasteiger partial charge is 0.258 e. The molecule has 2 aromatic heterocycles. The lowest BCUT2D eigenvalue weighted by Crippen LogP contribution is -2.26. The average Bonchev–Trinajstić information content (AvgIpc) is 3.10. The van der Waals surface area contributed by atoms with E-state index in [9.17, 15) is 9.59 Å². The standard InChI is InChI=1S/C17H19N5O2/c23-16(19-8-3-10-22-11-9-18-12-22)7-6-15-20-14-5-2-1-4-13(14)17(24)21-15/h1-2,4-5,9,11-12H,3,6-8,10H2,(H,19,23)(H,20,21,24). The molecular formula is C17H19N5O2. The molecule has 7 heteroatoms. The Bertz CT molecular complexity index is 870. The number of fused-ring (bicyclic) bond motifs is 1. The number of carbonyl (C=O) groups excluding carboxylic acids is 1. The minimum absolute atomic E-state index is 0.0450. The van der Waals surface area contributed by atoms with Crippen molar-refractivity contribution in [2.24, 2.45) is 0 Å². The van der Waals surface area contributed by atoms with Crippen molar-refractivity contribution >= 4 is 16.8 Å². The van der Waals surface area contributed by atoms with Gasteiger partial charge in [0.25, 0.3) is 5.56 Å². The van der Waals surface area contributed by atoms with Gasteiger partial charge in [0.15, 0.2) is 0 Å². The van der Waals surface area contributed by atoms with E-state index in [0.717, 1.165) is 13.0 Å². The molecule has 0 unspecified atom stereocenters. The van der Waals surface area contributed by atoms with Gasteiger partial charge >= 0.3 is 0 Å². The number of hydrogen-bond acceptors (Lipinski definition) is 4. The molecule has 2 N–H and O–H groups in total. The van der Waals surface area contributed by atoms with Crippen molar-refractivity contribution in [1.29, 1.82) is 0 Å². The van der Waals surface area contributed by atoms with E-state index in [2.05, 4.69) is 20.3 Å². The lowest BCUT2D eigenvalue weighted by molar-refractivity contribution is -0.121. The maximum Gasteiger partial charge on any atom is 0.258 e. The first kappa shape index (κ1) is 15.9. The quantitative estimate of drug-likeness (QED) is 0.640. The van der Waals surface area contributed by atoms with Crippen LogP contribution in [0.15, 0.2) is 47.8 Å². The normalized spacial score (nSPS) is 10.8. The van der Waals surface area contributed by atoms with E-state index >= 15 is 0 Å². The Kier molecular flexibility index (Phi) is 5.00. The van der Waals surface area contributed by atoms with Crippen LogP contribution < -0.4 is 10.9 Å². The highest BCUT2D eigenvalue weighted by molar-refractivity contribution is 5.78. The number of carbonyl (C=O) groups is 1. The van der Waals surface area contributed by atoms with Crippen LogP contribution in [0.2, 0.25) is 0 Å². The summed E-state index contributed by atoms with van der Waals surface area (Å²) in [5.41, 5.74) is 0.480. The lowest BCUT2D eigenvalue weighted by Gasteiger charge is -2.06. The number of para-hydroxylation sites is 1. The van der Waals surface area contributed by atoms with E-state index in [1.54, 1.807) is 30.7 Å². The number of hydrogen-bond donors (Lipinski definition) is 2. The summed E-state index contributed by atoms with van der Waals surface area (Å²) in [4.78, 5) is 34.9. The number of nitrogens with zero attached hydrogens (tertiary/aromatic N) is 3. The summed E-state index contributed by atoms with van der Waals surface area (Å²) in [6, 6.07) is 7.17. The van der Waals surface area contributed by atoms with E-state index in [1.165, 1.54) is 0 Å². The Hall–Kier alpha value is -2.96. The number of aromatic nitrogens is 4. The molecule has 0 bridgehead atoms. The molecule has 3 rings (SSSR count). The van der Waals surface area contributed by atoms with Gasteiger partial charge in [-0.05, 0) is 18.6 Å². The van der Waals surface area contributed by atoms with Gasteiger partial charge in [0.2, 0.25) is 5.91 Å². The van der Waals surface area contributed by atoms with Crippen molar-refractivity contribution in [1.82, 2.24) is 24.8 Å². The third-order valence-electron chi connectivity index (χ3n) is 3.73. The zero-order valence-corrected chi connectivity index (χ0v) is 13.2. The fourth-order valence-electron chi connectivity index (χ4n) is 2.48. The summed E-state index contributed by atoms with van der Waals surface area (Å²) in [6.07, 6.45) is 6.93. The second-order valence-electron chi connectivity index (χ2n) is 5.53. The van der Waals surface area contributed by atoms with Crippen LogP contribution in [0.4, 0.5) is 0 Å². The van der Waals surface area contributed by atoms with Gasteiger partial charge in [-0.15, -0.1) is 0 Å². The van der Waals surface area contributed by atoms with Crippen LogP contribution in [0.1, 0.15) is 18.7 Å². The van der Waals surface area contributed by atoms with Crippen LogP contribution in [0.3, 0.4) is 0 Å². The van der Waals surface area contributed by atoms with Gasteiger partial charge in [-0.3, -0.25) is 9.59 Å². The summed E-state index contributed by atoms with van der Waals surface area (Å²) in [7, 11) is 0. The van der Waals surface area contributed by atoms with Crippen molar-refractivity contribution < 1.29 is 4.79 Å². The summed E-state index contributed by atoms with van der Waals surface area (Å²) >= 11 is 0. The fraction of sp³-hybridized carbons (Fsp3) is 0.294. The van der Waals surface area contributed by atoms with Crippen LogP contribution in [0.5, 0.6) is 0 Å². The van der Waals surface area contributed by atoms with E-state index in [1.807, 2.05) is 16.8 Å². The first-order valence-corrected chi connectivity index (χ1v) is 7.93. The number of nitrogens with one attached hydrogen (secondary N) is 2. The summed E-state index contributed by atoms with van der Waals surface area (Å²) in [5.74, 6) is 0.490. The molecule has 0 atom stereocenters. The topological polar surface area (TPSA) is 92.7 Å². The molecule has 0 aliphatic heterocycles. The van der Waals surface area contributed by atoms with Crippen molar-refractivity contribution in [3.63, 3.8) is 0 Å². The second kappa shape index (κ2) is 7.54. The highest BCUT2D eigenvalue weighted by Gasteiger charge is 2.06. The second-order valence-corrected chi connectivity index (χ2v) is 5.53. The molecule has 0 aliphatic rings. The van der Waals surface area contributed by atoms with Crippen LogP contribution in [0, 0.1) is 0 Å². The number of amides is 1. The third-order valence-corrected chi connectivity index (χ3v) is 3.73. The van der Waals surface area contributed by atoms with Crippen molar-refractivity contribution in [3.8, 4) is 0 Å². The van der Waals surface area contributed by atoms with Gasteiger partial charge in [0.1, 0.15) is 5.82 Å². The van der Waals surface area contributed by atoms with E-state index in [0.29, 0.717) is 36.1 Å². The first-order chi connectivity index (χ1) is 11.7. The van der Waals surface area contributed by atoms with E-state index in [4.69, 9.17) is 0 Å². The van der Waals surface area contributed by atoms with E-state index in [-0.39, 0.29) is 11.5 Å². The Labute approximate surface area is 138 Å². The van der Waals surface area contributed by atoms with Crippen LogP contribution in [0.25, 0.3) is 10.9 Å². The molecule has 7 nitrogen and oxygen atoms in total. The zero-order chi connectivity index (χ0) is 16.8. The molecule has 0 saturated carbocycles. The van der Waals surface area contributed by atoms with E-state index < -0.39 is 0 Å². The monoisotopic (exact) mass is 325 g/mol. The molecule has 1 aromatic carbocycles. The SMILES string of the molecule is O=C(CCc1nc2ccccc2c(=O)[nH]1)NCCCn1ccnc1. The molecule has 24 heavy (non-hydrogen) atoms. The summed E-state index contributed by atoms with van der Waals surface area (Å²) in [5, 5.41) is 3.44. The van der Waals surface area contributed by atoms with Gasteiger partial charge in [-0.25, -0.2) is 9.97 Å². The number of H-pyrrole nitrogens is 1. The molecular weight excluding hydrogens is 306 g/mol. The van der Waals surface area contributed by atoms with Gasteiger partial charge in [0.05, 0.1) is 17.2 Å². The first-order valence-electron chi connectivity index (χ1n) is 7.93. The number of benzene rings is 1. The summed E-state index contributed by atoms with van der Waals surface area (Å²) < 4.78 is 1.97. The van der Waals surface area contributed by atoms with Crippen LogP contribution in [-0.2, 0) is 17.8 Å². The summed E-state index contributed by atoms with van der Waals surface area (Å²) in [6.45, 7) is 1.43. The number of aryl methyl sites for hydroxylation is 2. The van der Waals surface area contributed by atoms with Gasteiger partial charge < -0.3 is 14.9 Å².